The van der Waals surface area contributed by atoms with Gasteiger partial charge >= 0.3 is 11.9 Å². The number of aliphatic carboxylic acids is 1. The van der Waals surface area contributed by atoms with Crippen LogP contribution in [0, 0.1) is 0 Å². The molecule has 0 heterocycles. The van der Waals surface area contributed by atoms with Crippen LogP contribution in [0.1, 0.15) is 24.8 Å². The van der Waals surface area contributed by atoms with Crippen LogP contribution >= 0.6 is 0 Å². The zero-order valence-corrected chi connectivity index (χ0v) is 11.0. The molecule has 0 radical (unpaired) electrons. The minimum atomic E-state index is -0.880. The summed E-state index contributed by atoms with van der Waals surface area (Å²) in [5.74, 6) is -1.76. The minimum absolute atomic E-state index is 0.245. The second kappa shape index (κ2) is 8.26. The van der Waals surface area contributed by atoms with Gasteiger partial charge in [0.15, 0.2) is 0 Å². The average molecular weight is 265 g/mol. The Hall–Kier alpha value is -1.88. The smallest absolute Gasteiger partial charge is 0.312 e. The molecule has 0 aliphatic carbocycles. The SMILES string of the molecule is CCOC(=O)CCNCC(C(=O)O)c1ccccc1. The zero-order chi connectivity index (χ0) is 14.1. The van der Waals surface area contributed by atoms with E-state index in [1.165, 1.54) is 0 Å². The first-order chi connectivity index (χ1) is 9.15. The van der Waals surface area contributed by atoms with Crippen LogP contribution in [0.2, 0.25) is 0 Å². The average Bonchev–Trinajstić information content (AvgIpc) is 2.39. The Morgan fingerprint density at radius 1 is 1.32 bits per heavy atom. The third-order valence-electron chi connectivity index (χ3n) is 2.66. The van der Waals surface area contributed by atoms with Gasteiger partial charge in [-0.2, -0.15) is 0 Å². The highest BCUT2D eigenvalue weighted by Crippen LogP contribution is 2.14. The largest absolute Gasteiger partial charge is 0.481 e. The van der Waals surface area contributed by atoms with E-state index in [1.807, 2.05) is 18.2 Å². The Morgan fingerprint density at radius 2 is 2.00 bits per heavy atom. The van der Waals surface area contributed by atoms with E-state index < -0.39 is 11.9 Å². The third-order valence-corrected chi connectivity index (χ3v) is 2.66. The van der Waals surface area contributed by atoms with E-state index in [0.717, 1.165) is 5.56 Å². The van der Waals surface area contributed by atoms with Crippen LogP contribution < -0.4 is 5.32 Å². The van der Waals surface area contributed by atoms with Crippen molar-refractivity contribution in [3.8, 4) is 0 Å². The van der Waals surface area contributed by atoms with Crippen molar-refractivity contribution in [2.75, 3.05) is 19.7 Å². The molecule has 5 heteroatoms. The number of carboxylic acid groups (broad SMARTS) is 1. The maximum Gasteiger partial charge on any atom is 0.312 e. The van der Waals surface area contributed by atoms with Gasteiger partial charge < -0.3 is 15.2 Å². The quantitative estimate of drug-likeness (QED) is 0.549. The highest BCUT2D eigenvalue weighted by atomic mass is 16.5. The van der Waals surface area contributed by atoms with Crippen molar-refractivity contribution in [1.82, 2.24) is 5.32 Å². The van der Waals surface area contributed by atoms with Gasteiger partial charge in [-0.25, -0.2) is 0 Å². The van der Waals surface area contributed by atoms with Crippen LogP contribution in [0.3, 0.4) is 0 Å². The zero-order valence-electron chi connectivity index (χ0n) is 11.0. The van der Waals surface area contributed by atoms with E-state index >= 15 is 0 Å². The highest BCUT2D eigenvalue weighted by Gasteiger charge is 2.18. The first-order valence-electron chi connectivity index (χ1n) is 6.29. The van der Waals surface area contributed by atoms with Gasteiger partial charge in [-0.15, -0.1) is 0 Å². The molecule has 0 bridgehead atoms. The number of rotatable bonds is 8. The summed E-state index contributed by atoms with van der Waals surface area (Å²) in [7, 11) is 0. The number of carbonyl (C=O) groups is 2. The van der Waals surface area contributed by atoms with Crippen LogP contribution in [0.4, 0.5) is 0 Å². The van der Waals surface area contributed by atoms with Gasteiger partial charge in [-0.05, 0) is 12.5 Å². The van der Waals surface area contributed by atoms with Crippen molar-refractivity contribution in [2.24, 2.45) is 0 Å². The molecule has 2 N–H and O–H groups in total. The van der Waals surface area contributed by atoms with Crippen molar-refractivity contribution < 1.29 is 19.4 Å². The van der Waals surface area contributed by atoms with Crippen LogP contribution in [0.5, 0.6) is 0 Å². The van der Waals surface area contributed by atoms with E-state index in [9.17, 15) is 14.7 Å². The lowest BCUT2D eigenvalue weighted by atomic mass is 9.99. The summed E-state index contributed by atoms with van der Waals surface area (Å²) in [4.78, 5) is 22.3. The van der Waals surface area contributed by atoms with Gasteiger partial charge in [0.25, 0.3) is 0 Å². The van der Waals surface area contributed by atoms with E-state index in [2.05, 4.69) is 5.32 Å². The summed E-state index contributed by atoms with van der Waals surface area (Å²) in [5.41, 5.74) is 0.749. The lowest BCUT2D eigenvalue weighted by Crippen LogP contribution is -2.28. The molecule has 104 valence electrons. The molecular formula is C14H19NO4. The van der Waals surface area contributed by atoms with Crippen molar-refractivity contribution >= 4 is 11.9 Å². The summed E-state index contributed by atoms with van der Waals surface area (Å²) in [6.07, 6.45) is 0.245. The number of carboxylic acids is 1. The summed E-state index contributed by atoms with van der Waals surface area (Å²) in [5, 5.41) is 12.2. The molecule has 0 saturated carbocycles. The van der Waals surface area contributed by atoms with Gasteiger partial charge in [-0.3, -0.25) is 9.59 Å². The molecule has 0 aliphatic heterocycles. The van der Waals surface area contributed by atoms with E-state index in [-0.39, 0.29) is 12.4 Å². The second-order valence-electron chi connectivity index (χ2n) is 4.06. The summed E-state index contributed by atoms with van der Waals surface area (Å²) >= 11 is 0. The fourth-order valence-electron chi connectivity index (χ4n) is 1.70. The minimum Gasteiger partial charge on any atom is -0.481 e. The van der Waals surface area contributed by atoms with E-state index in [0.29, 0.717) is 19.7 Å². The first-order valence-corrected chi connectivity index (χ1v) is 6.29. The van der Waals surface area contributed by atoms with Crippen LogP contribution in [-0.2, 0) is 14.3 Å². The molecule has 1 rings (SSSR count). The number of hydrogen-bond acceptors (Lipinski definition) is 4. The molecule has 0 spiro atoms. The Morgan fingerprint density at radius 3 is 2.58 bits per heavy atom. The summed E-state index contributed by atoms with van der Waals surface area (Å²) in [6, 6.07) is 9.03. The Labute approximate surface area is 112 Å². The molecule has 0 fully saturated rings. The van der Waals surface area contributed by atoms with Gasteiger partial charge in [-0.1, -0.05) is 30.3 Å². The molecule has 0 saturated heterocycles. The number of hydrogen-bond donors (Lipinski definition) is 2. The van der Waals surface area contributed by atoms with Crippen LogP contribution in [0.25, 0.3) is 0 Å². The number of ether oxygens (including phenoxy) is 1. The van der Waals surface area contributed by atoms with Crippen LogP contribution in [0.15, 0.2) is 30.3 Å². The van der Waals surface area contributed by atoms with Crippen molar-refractivity contribution in [3.05, 3.63) is 35.9 Å². The Balaban J connectivity index is 2.40. The van der Waals surface area contributed by atoms with E-state index in [1.54, 1.807) is 19.1 Å². The first kappa shape index (κ1) is 15.2. The second-order valence-corrected chi connectivity index (χ2v) is 4.06. The Kier molecular flexibility index (Phi) is 6.60. The maximum atomic E-state index is 11.2. The lowest BCUT2D eigenvalue weighted by molar-refractivity contribution is -0.143. The van der Waals surface area contributed by atoms with Crippen LogP contribution in [-0.4, -0.2) is 36.7 Å². The monoisotopic (exact) mass is 265 g/mol. The molecule has 19 heavy (non-hydrogen) atoms. The predicted molar refractivity (Wildman–Crippen MR) is 70.9 cm³/mol. The number of nitrogens with one attached hydrogen (secondary N) is 1. The predicted octanol–water partition coefficient (Wildman–Crippen LogP) is 1.40. The lowest BCUT2D eigenvalue weighted by Gasteiger charge is -2.13. The molecule has 0 amide bonds. The molecule has 1 atom stereocenters. The normalized spacial score (nSPS) is 11.8. The Bertz CT molecular complexity index is 405. The third kappa shape index (κ3) is 5.52. The molecule has 5 nitrogen and oxygen atoms in total. The van der Waals surface area contributed by atoms with Gasteiger partial charge in [0.05, 0.1) is 18.9 Å². The summed E-state index contributed by atoms with van der Waals surface area (Å²) < 4.78 is 4.79. The van der Waals surface area contributed by atoms with Gasteiger partial charge in [0.2, 0.25) is 0 Å². The molecular weight excluding hydrogens is 246 g/mol. The number of benzene rings is 1. The van der Waals surface area contributed by atoms with Crippen molar-refractivity contribution in [2.45, 2.75) is 19.3 Å². The topological polar surface area (TPSA) is 75.6 Å². The molecule has 1 aromatic carbocycles. The summed E-state index contributed by atoms with van der Waals surface area (Å²) in [6.45, 7) is 2.82. The number of carbonyl (C=O) groups excluding carboxylic acids is 1. The van der Waals surface area contributed by atoms with Crippen molar-refractivity contribution in [1.29, 1.82) is 0 Å². The fraction of sp³-hybridized carbons (Fsp3) is 0.429. The van der Waals surface area contributed by atoms with E-state index in [4.69, 9.17) is 4.74 Å². The molecule has 0 aliphatic rings. The molecule has 1 unspecified atom stereocenters. The van der Waals surface area contributed by atoms with Crippen molar-refractivity contribution in [3.63, 3.8) is 0 Å². The highest BCUT2D eigenvalue weighted by molar-refractivity contribution is 5.76. The van der Waals surface area contributed by atoms with Gasteiger partial charge in [0, 0.05) is 13.1 Å². The standard InChI is InChI=1S/C14H19NO4/c1-2-19-13(16)8-9-15-10-12(14(17)18)11-6-4-3-5-7-11/h3-7,12,15H,2,8-10H2,1H3,(H,17,18). The van der Waals surface area contributed by atoms with Gasteiger partial charge in [0.1, 0.15) is 0 Å². The molecule has 1 aromatic rings. The maximum absolute atomic E-state index is 11.2. The fourth-order valence-corrected chi connectivity index (χ4v) is 1.70. The molecule has 0 aromatic heterocycles. The number of esters is 1.